The third-order valence-corrected chi connectivity index (χ3v) is 3.82. The summed E-state index contributed by atoms with van der Waals surface area (Å²) in [6, 6.07) is 21.2. The Hall–Kier alpha value is -2.94. The summed E-state index contributed by atoms with van der Waals surface area (Å²) in [5.74, 6) is -0.0826. The highest BCUT2D eigenvalue weighted by molar-refractivity contribution is 5.96. The standard InChI is InChI=1S/C20H18N2O/c1-15-8-5-6-12-18(15)20(23)22-19(16-9-3-2-4-10-16)17-11-7-13-21-14-17/h2-14,19H,1H3,(H,22,23)/t19-/m0/s1. The molecule has 0 saturated carbocycles. The first-order chi connectivity index (χ1) is 11.3. The molecule has 1 atom stereocenters. The van der Waals surface area contributed by atoms with E-state index in [1.807, 2.05) is 73.7 Å². The molecule has 0 aliphatic heterocycles. The third-order valence-electron chi connectivity index (χ3n) is 3.82. The highest BCUT2D eigenvalue weighted by Gasteiger charge is 2.18. The summed E-state index contributed by atoms with van der Waals surface area (Å²) in [6.07, 6.45) is 3.52. The van der Waals surface area contributed by atoms with E-state index in [9.17, 15) is 4.79 Å². The van der Waals surface area contributed by atoms with Gasteiger partial charge in [-0.1, -0.05) is 54.6 Å². The van der Waals surface area contributed by atoms with Crippen molar-refractivity contribution in [2.45, 2.75) is 13.0 Å². The summed E-state index contributed by atoms with van der Waals surface area (Å²) >= 11 is 0. The predicted octanol–water partition coefficient (Wildman–Crippen LogP) is 3.91. The van der Waals surface area contributed by atoms with Crippen LogP contribution in [0.5, 0.6) is 0 Å². The van der Waals surface area contributed by atoms with E-state index in [1.165, 1.54) is 0 Å². The van der Waals surface area contributed by atoms with Gasteiger partial charge in [-0.15, -0.1) is 0 Å². The molecular weight excluding hydrogens is 284 g/mol. The number of hydrogen-bond acceptors (Lipinski definition) is 2. The highest BCUT2D eigenvalue weighted by Crippen LogP contribution is 2.22. The van der Waals surface area contributed by atoms with E-state index in [0.717, 1.165) is 16.7 Å². The van der Waals surface area contributed by atoms with E-state index in [0.29, 0.717) is 5.56 Å². The van der Waals surface area contributed by atoms with Gasteiger partial charge in [0, 0.05) is 18.0 Å². The maximum atomic E-state index is 12.7. The van der Waals surface area contributed by atoms with Crippen LogP contribution >= 0.6 is 0 Å². The zero-order chi connectivity index (χ0) is 16.1. The van der Waals surface area contributed by atoms with Gasteiger partial charge in [0.1, 0.15) is 0 Å². The zero-order valence-corrected chi connectivity index (χ0v) is 12.9. The smallest absolute Gasteiger partial charge is 0.252 e. The molecule has 0 spiro atoms. The number of aromatic nitrogens is 1. The average Bonchev–Trinajstić information content (AvgIpc) is 2.61. The number of hydrogen-bond donors (Lipinski definition) is 1. The summed E-state index contributed by atoms with van der Waals surface area (Å²) in [7, 11) is 0. The molecule has 3 nitrogen and oxygen atoms in total. The number of rotatable bonds is 4. The SMILES string of the molecule is Cc1ccccc1C(=O)N[C@@H](c1ccccc1)c1cccnc1. The minimum atomic E-state index is -0.225. The Balaban J connectivity index is 1.94. The Morgan fingerprint density at radius 3 is 2.30 bits per heavy atom. The molecule has 0 fully saturated rings. The first-order valence-electron chi connectivity index (χ1n) is 7.57. The molecule has 0 radical (unpaired) electrons. The second-order valence-corrected chi connectivity index (χ2v) is 5.42. The number of carbonyl (C=O) groups excluding carboxylic acids is 1. The Morgan fingerprint density at radius 2 is 1.61 bits per heavy atom. The van der Waals surface area contributed by atoms with Crippen LogP contribution in [-0.2, 0) is 0 Å². The molecule has 0 saturated heterocycles. The highest BCUT2D eigenvalue weighted by atomic mass is 16.1. The van der Waals surface area contributed by atoms with Gasteiger partial charge in [-0.25, -0.2) is 0 Å². The quantitative estimate of drug-likeness (QED) is 0.794. The molecule has 3 aromatic rings. The summed E-state index contributed by atoms with van der Waals surface area (Å²) in [4.78, 5) is 16.9. The van der Waals surface area contributed by atoms with E-state index >= 15 is 0 Å². The van der Waals surface area contributed by atoms with Crippen molar-refractivity contribution in [1.82, 2.24) is 10.3 Å². The fraction of sp³-hybridized carbons (Fsp3) is 0.100. The average molecular weight is 302 g/mol. The van der Waals surface area contributed by atoms with Gasteiger partial charge in [-0.3, -0.25) is 9.78 Å². The van der Waals surface area contributed by atoms with Crippen LogP contribution < -0.4 is 5.32 Å². The van der Waals surface area contributed by atoms with Crippen molar-refractivity contribution in [3.05, 3.63) is 101 Å². The van der Waals surface area contributed by atoms with Gasteiger partial charge in [0.05, 0.1) is 6.04 Å². The van der Waals surface area contributed by atoms with Crippen molar-refractivity contribution >= 4 is 5.91 Å². The normalized spacial score (nSPS) is 11.7. The van der Waals surface area contributed by atoms with Crippen molar-refractivity contribution in [2.24, 2.45) is 0 Å². The zero-order valence-electron chi connectivity index (χ0n) is 12.9. The topological polar surface area (TPSA) is 42.0 Å². The van der Waals surface area contributed by atoms with Gasteiger partial charge in [-0.2, -0.15) is 0 Å². The predicted molar refractivity (Wildman–Crippen MR) is 91.2 cm³/mol. The van der Waals surface area contributed by atoms with Crippen LogP contribution in [0.3, 0.4) is 0 Å². The van der Waals surface area contributed by atoms with Crippen LogP contribution in [0, 0.1) is 6.92 Å². The van der Waals surface area contributed by atoms with Crippen molar-refractivity contribution in [3.8, 4) is 0 Å². The molecule has 3 rings (SSSR count). The monoisotopic (exact) mass is 302 g/mol. The van der Waals surface area contributed by atoms with Crippen molar-refractivity contribution in [2.75, 3.05) is 0 Å². The lowest BCUT2D eigenvalue weighted by Crippen LogP contribution is -2.29. The molecule has 0 unspecified atom stereocenters. The Morgan fingerprint density at radius 1 is 0.913 bits per heavy atom. The number of nitrogens with one attached hydrogen (secondary N) is 1. The summed E-state index contributed by atoms with van der Waals surface area (Å²) in [5, 5.41) is 3.13. The fourth-order valence-corrected chi connectivity index (χ4v) is 2.59. The first kappa shape index (κ1) is 15.0. The number of amides is 1. The van der Waals surface area contributed by atoms with E-state index in [1.54, 1.807) is 12.4 Å². The molecule has 0 aliphatic rings. The van der Waals surface area contributed by atoms with Crippen LogP contribution in [0.15, 0.2) is 79.1 Å². The number of benzene rings is 2. The molecule has 1 N–H and O–H groups in total. The maximum Gasteiger partial charge on any atom is 0.252 e. The van der Waals surface area contributed by atoms with Gasteiger partial charge in [-0.05, 0) is 35.7 Å². The van der Waals surface area contributed by atoms with Gasteiger partial charge in [0.25, 0.3) is 5.91 Å². The van der Waals surface area contributed by atoms with Gasteiger partial charge >= 0.3 is 0 Å². The Kier molecular flexibility index (Phi) is 4.48. The molecular formula is C20H18N2O. The van der Waals surface area contributed by atoms with Crippen LogP contribution in [0.1, 0.15) is 33.1 Å². The summed E-state index contributed by atoms with van der Waals surface area (Å²) in [5.41, 5.74) is 3.64. The molecule has 114 valence electrons. The number of nitrogens with zero attached hydrogens (tertiary/aromatic N) is 1. The minimum Gasteiger partial charge on any atom is -0.341 e. The van der Waals surface area contributed by atoms with Gasteiger partial charge in [0.15, 0.2) is 0 Å². The van der Waals surface area contributed by atoms with Crippen LogP contribution in [0.25, 0.3) is 0 Å². The van der Waals surface area contributed by atoms with Crippen LogP contribution in [0.4, 0.5) is 0 Å². The maximum absolute atomic E-state index is 12.7. The second-order valence-electron chi connectivity index (χ2n) is 5.42. The third kappa shape index (κ3) is 3.46. The molecule has 23 heavy (non-hydrogen) atoms. The molecule has 0 aliphatic carbocycles. The minimum absolute atomic E-state index is 0.0826. The number of carbonyl (C=O) groups is 1. The molecule has 1 amide bonds. The number of pyridine rings is 1. The number of aryl methyl sites for hydroxylation is 1. The largest absolute Gasteiger partial charge is 0.341 e. The van der Waals surface area contributed by atoms with Gasteiger partial charge < -0.3 is 5.32 Å². The fourth-order valence-electron chi connectivity index (χ4n) is 2.59. The van der Waals surface area contributed by atoms with Gasteiger partial charge in [0.2, 0.25) is 0 Å². The van der Waals surface area contributed by atoms with E-state index in [4.69, 9.17) is 0 Å². The molecule has 1 aromatic heterocycles. The Labute approximate surface area is 136 Å². The van der Waals surface area contributed by atoms with Crippen molar-refractivity contribution in [1.29, 1.82) is 0 Å². The Bertz CT molecular complexity index is 746. The second kappa shape index (κ2) is 6.88. The van der Waals surface area contributed by atoms with Crippen LogP contribution in [0.2, 0.25) is 0 Å². The molecule has 1 heterocycles. The lowest BCUT2D eigenvalue weighted by molar-refractivity contribution is 0.0942. The molecule has 3 heteroatoms. The van der Waals surface area contributed by atoms with E-state index in [2.05, 4.69) is 10.3 Å². The first-order valence-corrected chi connectivity index (χ1v) is 7.57. The molecule has 2 aromatic carbocycles. The lowest BCUT2D eigenvalue weighted by Gasteiger charge is -2.20. The van der Waals surface area contributed by atoms with E-state index in [-0.39, 0.29) is 11.9 Å². The van der Waals surface area contributed by atoms with Crippen molar-refractivity contribution < 1.29 is 4.79 Å². The summed E-state index contributed by atoms with van der Waals surface area (Å²) < 4.78 is 0. The lowest BCUT2D eigenvalue weighted by atomic mass is 9.99. The van der Waals surface area contributed by atoms with E-state index < -0.39 is 0 Å². The van der Waals surface area contributed by atoms with Crippen molar-refractivity contribution in [3.63, 3.8) is 0 Å². The summed E-state index contributed by atoms with van der Waals surface area (Å²) in [6.45, 7) is 1.94. The van der Waals surface area contributed by atoms with Crippen LogP contribution in [-0.4, -0.2) is 10.9 Å². The molecule has 0 bridgehead atoms.